The van der Waals surface area contributed by atoms with Crippen molar-refractivity contribution in [3.05, 3.63) is 60.4 Å². The van der Waals surface area contributed by atoms with E-state index in [1.807, 2.05) is 11.8 Å². The number of hydrogen-bond acceptors (Lipinski definition) is 2. The Hall–Kier alpha value is -1.74. The number of fused-ring (bicyclic) bond motifs is 1. The molecule has 2 nitrogen and oxygen atoms in total. The highest BCUT2D eigenvalue weighted by Crippen LogP contribution is 2.25. The Morgan fingerprint density at radius 1 is 1.00 bits per heavy atom. The SMILES string of the molecule is CC(C)Cn1c(CSc2ccccc2)nc2ccccc21. The minimum Gasteiger partial charge on any atom is -0.327 e. The van der Waals surface area contributed by atoms with Crippen molar-refractivity contribution in [2.75, 3.05) is 0 Å². The van der Waals surface area contributed by atoms with Crippen molar-refractivity contribution in [2.45, 2.75) is 31.0 Å². The van der Waals surface area contributed by atoms with E-state index < -0.39 is 0 Å². The average Bonchev–Trinajstić information content (AvgIpc) is 2.84. The van der Waals surface area contributed by atoms with Crippen LogP contribution >= 0.6 is 11.8 Å². The summed E-state index contributed by atoms with van der Waals surface area (Å²) in [5, 5.41) is 0. The van der Waals surface area contributed by atoms with Crippen molar-refractivity contribution in [3.63, 3.8) is 0 Å². The van der Waals surface area contributed by atoms with Crippen LogP contribution in [0.5, 0.6) is 0 Å². The van der Waals surface area contributed by atoms with E-state index in [4.69, 9.17) is 4.98 Å². The van der Waals surface area contributed by atoms with Crippen molar-refractivity contribution < 1.29 is 0 Å². The number of hydrogen-bond donors (Lipinski definition) is 0. The maximum Gasteiger partial charge on any atom is 0.120 e. The standard InChI is InChI=1S/C18H20N2S/c1-14(2)12-20-17-11-7-6-10-16(17)19-18(20)13-21-15-8-4-3-5-9-15/h3-11,14H,12-13H2,1-2H3. The van der Waals surface area contributed by atoms with Gasteiger partial charge in [-0.25, -0.2) is 4.98 Å². The first kappa shape index (κ1) is 14.2. The van der Waals surface area contributed by atoms with Crippen molar-refractivity contribution >= 4 is 22.8 Å². The average molecular weight is 296 g/mol. The van der Waals surface area contributed by atoms with Gasteiger partial charge in [-0.2, -0.15) is 0 Å². The van der Waals surface area contributed by atoms with Gasteiger partial charge < -0.3 is 4.57 Å². The number of aromatic nitrogens is 2. The fraction of sp³-hybridized carbons (Fsp3) is 0.278. The summed E-state index contributed by atoms with van der Waals surface area (Å²) >= 11 is 1.85. The van der Waals surface area contributed by atoms with Crippen molar-refractivity contribution in [1.82, 2.24) is 9.55 Å². The number of imidazole rings is 1. The van der Waals surface area contributed by atoms with Crippen LogP contribution < -0.4 is 0 Å². The van der Waals surface area contributed by atoms with Crippen molar-refractivity contribution in [3.8, 4) is 0 Å². The molecule has 1 heterocycles. The molecular weight excluding hydrogens is 276 g/mol. The molecule has 0 bridgehead atoms. The molecule has 0 fully saturated rings. The van der Waals surface area contributed by atoms with Gasteiger partial charge in [-0.1, -0.05) is 44.2 Å². The molecule has 0 atom stereocenters. The van der Waals surface area contributed by atoms with E-state index >= 15 is 0 Å². The lowest BCUT2D eigenvalue weighted by Gasteiger charge is -2.11. The Kier molecular flexibility index (Phi) is 4.30. The molecule has 3 rings (SSSR count). The molecule has 0 aliphatic rings. The van der Waals surface area contributed by atoms with Crippen LogP contribution in [0.2, 0.25) is 0 Å². The molecule has 0 aliphatic carbocycles. The second kappa shape index (κ2) is 6.35. The Morgan fingerprint density at radius 3 is 2.48 bits per heavy atom. The van der Waals surface area contributed by atoms with E-state index in [-0.39, 0.29) is 0 Å². The van der Waals surface area contributed by atoms with Crippen LogP contribution in [0.4, 0.5) is 0 Å². The molecule has 0 saturated heterocycles. The van der Waals surface area contributed by atoms with E-state index in [1.165, 1.54) is 16.2 Å². The number of thioether (sulfide) groups is 1. The maximum absolute atomic E-state index is 4.82. The summed E-state index contributed by atoms with van der Waals surface area (Å²) in [6.07, 6.45) is 0. The summed E-state index contributed by atoms with van der Waals surface area (Å²) in [5.41, 5.74) is 2.34. The molecule has 21 heavy (non-hydrogen) atoms. The lowest BCUT2D eigenvalue weighted by molar-refractivity contribution is 0.523. The van der Waals surface area contributed by atoms with Crippen LogP contribution in [0.25, 0.3) is 11.0 Å². The lowest BCUT2D eigenvalue weighted by atomic mass is 10.2. The van der Waals surface area contributed by atoms with Crippen LogP contribution in [0, 0.1) is 5.92 Å². The zero-order valence-corrected chi connectivity index (χ0v) is 13.3. The lowest BCUT2D eigenvalue weighted by Crippen LogP contribution is -2.07. The summed E-state index contributed by atoms with van der Waals surface area (Å²) in [6, 6.07) is 18.9. The minimum atomic E-state index is 0.614. The van der Waals surface area contributed by atoms with Gasteiger partial charge in [0, 0.05) is 11.4 Å². The van der Waals surface area contributed by atoms with Gasteiger partial charge in [0.1, 0.15) is 5.82 Å². The van der Waals surface area contributed by atoms with Gasteiger partial charge in [-0.05, 0) is 30.2 Å². The molecule has 0 spiro atoms. The predicted molar refractivity (Wildman–Crippen MR) is 90.6 cm³/mol. The number of nitrogens with zero attached hydrogens (tertiary/aromatic N) is 2. The van der Waals surface area contributed by atoms with Gasteiger partial charge in [-0.15, -0.1) is 11.8 Å². The van der Waals surface area contributed by atoms with Gasteiger partial charge in [0.25, 0.3) is 0 Å². The highest BCUT2D eigenvalue weighted by atomic mass is 32.2. The van der Waals surface area contributed by atoms with Gasteiger partial charge in [-0.3, -0.25) is 0 Å². The summed E-state index contributed by atoms with van der Waals surface area (Å²) in [7, 11) is 0. The minimum absolute atomic E-state index is 0.614. The van der Waals surface area contributed by atoms with Crippen molar-refractivity contribution in [1.29, 1.82) is 0 Å². The first-order valence-electron chi connectivity index (χ1n) is 7.36. The van der Waals surface area contributed by atoms with E-state index in [1.54, 1.807) is 0 Å². The molecule has 3 heteroatoms. The van der Waals surface area contributed by atoms with Gasteiger partial charge in [0.2, 0.25) is 0 Å². The molecule has 0 N–H and O–H groups in total. The molecule has 0 saturated carbocycles. The summed E-state index contributed by atoms with van der Waals surface area (Å²) in [5.74, 6) is 2.69. The fourth-order valence-corrected chi connectivity index (χ4v) is 3.33. The predicted octanol–water partition coefficient (Wildman–Crippen LogP) is 4.98. The zero-order chi connectivity index (χ0) is 14.7. The molecule has 1 aromatic heterocycles. The van der Waals surface area contributed by atoms with Crippen molar-refractivity contribution in [2.24, 2.45) is 5.92 Å². The largest absolute Gasteiger partial charge is 0.327 e. The molecule has 108 valence electrons. The first-order valence-corrected chi connectivity index (χ1v) is 8.34. The monoisotopic (exact) mass is 296 g/mol. The third-order valence-corrected chi connectivity index (χ3v) is 4.40. The van der Waals surface area contributed by atoms with Crippen LogP contribution in [0.3, 0.4) is 0 Å². The van der Waals surface area contributed by atoms with Gasteiger partial charge in [0.05, 0.1) is 16.8 Å². The second-order valence-electron chi connectivity index (χ2n) is 5.62. The van der Waals surface area contributed by atoms with E-state index in [0.717, 1.165) is 17.8 Å². The number of rotatable bonds is 5. The Bertz CT molecular complexity index is 716. The number of para-hydroxylation sites is 2. The highest BCUT2D eigenvalue weighted by Gasteiger charge is 2.11. The second-order valence-corrected chi connectivity index (χ2v) is 6.67. The van der Waals surface area contributed by atoms with Crippen LogP contribution in [0.1, 0.15) is 19.7 Å². The van der Waals surface area contributed by atoms with E-state index in [9.17, 15) is 0 Å². The molecule has 0 unspecified atom stereocenters. The summed E-state index contributed by atoms with van der Waals surface area (Å²) < 4.78 is 2.37. The Labute approximate surface area is 130 Å². The van der Waals surface area contributed by atoms with Crippen LogP contribution in [-0.2, 0) is 12.3 Å². The topological polar surface area (TPSA) is 17.8 Å². The number of benzene rings is 2. The molecule has 0 aliphatic heterocycles. The van der Waals surface area contributed by atoms with Gasteiger partial charge in [0.15, 0.2) is 0 Å². The Morgan fingerprint density at radius 2 is 1.71 bits per heavy atom. The zero-order valence-electron chi connectivity index (χ0n) is 12.5. The molecular formula is C18H20N2S. The first-order chi connectivity index (χ1) is 10.2. The molecule has 2 aromatic carbocycles. The summed E-state index contributed by atoms with van der Waals surface area (Å²) in [4.78, 5) is 6.12. The highest BCUT2D eigenvalue weighted by molar-refractivity contribution is 7.98. The Balaban J connectivity index is 1.89. The van der Waals surface area contributed by atoms with Crippen LogP contribution in [-0.4, -0.2) is 9.55 Å². The van der Waals surface area contributed by atoms with E-state index in [2.05, 4.69) is 73.0 Å². The molecule has 3 aromatic rings. The third kappa shape index (κ3) is 3.30. The smallest absolute Gasteiger partial charge is 0.120 e. The molecule has 0 radical (unpaired) electrons. The van der Waals surface area contributed by atoms with Crippen LogP contribution in [0.15, 0.2) is 59.5 Å². The molecule has 0 amide bonds. The fourth-order valence-electron chi connectivity index (χ4n) is 2.47. The third-order valence-electron chi connectivity index (χ3n) is 3.39. The van der Waals surface area contributed by atoms with E-state index in [0.29, 0.717) is 5.92 Å². The quantitative estimate of drug-likeness (QED) is 0.618. The summed E-state index contributed by atoms with van der Waals surface area (Å²) in [6.45, 7) is 5.52. The maximum atomic E-state index is 4.82. The normalized spacial score (nSPS) is 11.4. The van der Waals surface area contributed by atoms with Gasteiger partial charge >= 0.3 is 0 Å².